The molecule has 7 heteroatoms. The highest BCUT2D eigenvalue weighted by molar-refractivity contribution is 7.59. The van der Waals surface area contributed by atoms with Crippen molar-refractivity contribution in [3.05, 3.63) is 57.6 Å². The van der Waals surface area contributed by atoms with E-state index in [0.29, 0.717) is 24.7 Å². The Morgan fingerprint density at radius 1 is 0.556 bits per heavy atom. The van der Waals surface area contributed by atoms with Crippen molar-refractivity contribution in [2.75, 3.05) is 13.2 Å². The summed E-state index contributed by atoms with van der Waals surface area (Å²) in [6.07, 6.45) is 0. The van der Waals surface area contributed by atoms with E-state index in [2.05, 4.69) is 83.1 Å². The van der Waals surface area contributed by atoms with Crippen LogP contribution in [0, 0.1) is 0 Å². The van der Waals surface area contributed by atoms with Crippen LogP contribution in [0.1, 0.15) is 156 Å². The fourth-order valence-corrected chi connectivity index (χ4v) is 4.91. The molecule has 2 rings (SSSR count). The standard InChI is InChI=1S/2C19H30O3.H2S/c2*1-9-22-17(21)12(2)13-10-14(18(3,4)5)16(20)15(11-13)19(6,7)8;/h2*10-12,20H,9H2,1-8H3;1H2. The highest BCUT2D eigenvalue weighted by Crippen LogP contribution is 2.42. The van der Waals surface area contributed by atoms with Gasteiger partial charge in [0.1, 0.15) is 11.5 Å². The van der Waals surface area contributed by atoms with Gasteiger partial charge in [-0.05, 0) is 82.7 Å². The normalized spacial score (nSPS) is 13.5. The van der Waals surface area contributed by atoms with Crippen molar-refractivity contribution in [3.8, 4) is 11.5 Å². The van der Waals surface area contributed by atoms with E-state index in [9.17, 15) is 19.8 Å². The van der Waals surface area contributed by atoms with Gasteiger partial charge in [-0.1, -0.05) is 107 Å². The van der Waals surface area contributed by atoms with Crippen LogP contribution >= 0.6 is 13.5 Å². The topological polar surface area (TPSA) is 93.1 Å². The minimum absolute atomic E-state index is 0. The fraction of sp³-hybridized carbons (Fsp3) is 0.632. The third-order valence-electron chi connectivity index (χ3n) is 7.78. The third-order valence-corrected chi connectivity index (χ3v) is 7.78. The molecular weight excluding hydrogens is 584 g/mol. The van der Waals surface area contributed by atoms with Gasteiger partial charge in [-0.3, -0.25) is 9.59 Å². The Morgan fingerprint density at radius 3 is 0.911 bits per heavy atom. The first-order chi connectivity index (χ1) is 19.8. The SMILES string of the molecule is CCOC(=O)C(C)c1cc(C(C)(C)C)c(O)c(C(C)(C)C)c1.CCOC(=O)C(C)c1cc(C(C)(C)C)c(O)c(C(C)(C)C)c1.S. The molecule has 2 unspecified atom stereocenters. The lowest BCUT2D eigenvalue weighted by molar-refractivity contribution is -0.145. The highest BCUT2D eigenvalue weighted by Gasteiger charge is 2.30. The molecule has 0 heterocycles. The van der Waals surface area contributed by atoms with Gasteiger partial charge in [-0.2, -0.15) is 13.5 Å². The van der Waals surface area contributed by atoms with Crippen molar-refractivity contribution in [1.82, 2.24) is 0 Å². The summed E-state index contributed by atoms with van der Waals surface area (Å²) in [6.45, 7) is 32.8. The van der Waals surface area contributed by atoms with E-state index in [-0.39, 0.29) is 58.9 Å². The van der Waals surface area contributed by atoms with Gasteiger partial charge in [-0.15, -0.1) is 0 Å². The van der Waals surface area contributed by atoms with E-state index in [0.717, 1.165) is 33.4 Å². The van der Waals surface area contributed by atoms with Gasteiger partial charge < -0.3 is 19.7 Å². The summed E-state index contributed by atoms with van der Waals surface area (Å²) >= 11 is 0. The third kappa shape index (κ3) is 11.3. The molecule has 0 amide bonds. The molecule has 256 valence electrons. The fourth-order valence-electron chi connectivity index (χ4n) is 4.91. The number of ether oxygens (including phenoxy) is 2. The molecule has 0 saturated heterocycles. The van der Waals surface area contributed by atoms with Crippen LogP contribution in [0.2, 0.25) is 0 Å². The van der Waals surface area contributed by atoms with Gasteiger partial charge in [0.15, 0.2) is 0 Å². The summed E-state index contributed by atoms with van der Waals surface area (Å²) in [5.41, 5.74) is 4.46. The molecule has 6 nitrogen and oxygen atoms in total. The minimum Gasteiger partial charge on any atom is -0.507 e. The van der Waals surface area contributed by atoms with Gasteiger partial charge in [0.2, 0.25) is 0 Å². The van der Waals surface area contributed by atoms with E-state index in [1.807, 2.05) is 52.0 Å². The molecule has 0 aliphatic carbocycles. The predicted octanol–water partition coefficient (Wildman–Crippen LogP) is 9.42. The number of hydrogen-bond acceptors (Lipinski definition) is 6. The first kappa shape index (κ1) is 42.3. The summed E-state index contributed by atoms with van der Waals surface area (Å²) in [6, 6.07) is 7.75. The molecule has 0 aliphatic rings. The summed E-state index contributed by atoms with van der Waals surface area (Å²) in [5, 5.41) is 21.4. The minimum atomic E-state index is -0.345. The maximum absolute atomic E-state index is 12.1. The maximum Gasteiger partial charge on any atom is 0.313 e. The number of carbonyl (C=O) groups excluding carboxylic acids is 2. The van der Waals surface area contributed by atoms with Gasteiger partial charge in [0, 0.05) is 0 Å². The summed E-state index contributed by atoms with van der Waals surface area (Å²) in [5.74, 6) is -0.481. The molecule has 0 aromatic heterocycles. The average molecular weight is 647 g/mol. The number of phenolic OH excluding ortho intramolecular Hbond substituents is 2. The molecule has 0 aliphatic heterocycles. The van der Waals surface area contributed by atoms with Crippen molar-refractivity contribution >= 4 is 25.4 Å². The number of carbonyl (C=O) groups is 2. The Labute approximate surface area is 280 Å². The quantitative estimate of drug-likeness (QED) is 0.304. The zero-order valence-electron chi connectivity index (χ0n) is 30.9. The molecular formula is C38H62O6S. The monoisotopic (exact) mass is 646 g/mol. The van der Waals surface area contributed by atoms with Crippen LogP contribution in [-0.2, 0) is 40.7 Å². The smallest absolute Gasteiger partial charge is 0.313 e. The number of aromatic hydroxyl groups is 2. The molecule has 2 aromatic carbocycles. The molecule has 0 spiro atoms. The number of benzene rings is 2. The molecule has 45 heavy (non-hydrogen) atoms. The first-order valence-corrected chi connectivity index (χ1v) is 15.9. The van der Waals surface area contributed by atoms with Crippen molar-refractivity contribution in [3.63, 3.8) is 0 Å². The number of rotatable bonds is 6. The second kappa shape index (κ2) is 15.8. The lowest BCUT2D eigenvalue weighted by atomic mass is 9.77. The van der Waals surface area contributed by atoms with Crippen LogP contribution in [-0.4, -0.2) is 35.4 Å². The van der Waals surface area contributed by atoms with Crippen LogP contribution in [0.15, 0.2) is 24.3 Å². The van der Waals surface area contributed by atoms with E-state index in [4.69, 9.17) is 9.47 Å². The Balaban J connectivity index is 0.000000842. The molecule has 2 N–H and O–H groups in total. The molecule has 0 saturated carbocycles. The van der Waals surface area contributed by atoms with Crippen molar-refractivity contribution in [1.29, 1.82) is 0 Å². The van der Waals surface area contributed by atoms with E-state index in [1.54, 1.807) is 0 Å². The van der Waals surface area contributed by atoms with Gasteiger partial charge in [0.25, 0.3) is 0 Å². The first-order valence-electron chi connectivity index (χ1n) is 15.9. The summed E-state index contributed by atoms with van der Waals surface area (Å²) in [7, 11) is 0. The highest BCUT2D eigenvalue weighted by atomic mass is 32.1. The van der Waals surface area contributed by atoms with Gasteiger partial charge in [-0.25, -0.2) is 0 Å². The molecule has 0 fully saturated rings. The van der Waals surface area contributed by atoms with Crippen LogP contribution < -0.4 is 0 Å². The summed E-state index contributed by atoms with van der Waals surface area (Å²) in [4.78, 5) is 24.1. The summed E-state index contributed by atoms with van der Waals surface area (Å²) < 4.78 is 10.3. The van der Waals surface area contributed by atoms with Crippen molar-refractivity contribution in [2.45, 2.75) is 144 Å². The maximum atomic E-state index is 12.1. The van der Waals surface area contributed by atoms with Crippen LogP contribution in [0.25, 0.3) is 0 Å². The second-order valence-corrected chi connectivity index (χ2v) is 15.9. The van der Waals surface area contributed by atoms with E-state index < -0.39 is 0 Å². The zero-order valence-corrected chi connectivity index (χ0v) is 31.9. The van der Waals surface area contributed by atoms with Gasteiger partial charge >= 0.3 is 11.9 Å². The zero-order chi connectivity index (χ0) is 34.6. The average Bonchev–Trinajstić information content (AvgIpc) is 2.86. The van der Waals surface area contributed by atoms with Gasteiger partial charge in [0.05, 0.1) is 25.0 Å². The Bertz CT molecular complexity index is 1130. The Hall–Kier alpha value is -2.67. The van der Waals surface area contributed by atoms with Crippen molar-refractivity contribution < 1.29 is 29.3 Å². The number of phenols is 2. The van der Waals surface area contributed by atoms with Crippen LogP contribution in [0.3, 0.4) is 0 Å². The predicted molar refractivity (Wildman–Crippen MR) is 191 cm³/mol. The van der Waals surface area contributed by atoms with E-state index >= 15 is 0 Å². The van der Waals surface area contributed by atoms with E-state index in [1.165, 1.54) is 0 Å². The Kier molecular flexibility index (Phi) is 14.8. The van der Waals surface area contributed by atoms with Crippen molar-refractivity contribution in [2.24, 2.45) is 0 Å². The number of esters is 2. The van der Waals surface area contributed by atoms with Crippen LogP contribution in [0.4, 0.5) is 0 Å². The number of hydrogen-bond donors (Lipinski definition) is 2. The lowest BCUT2D eigenvalue weighted by Gasteiger charge is -2.29. The Morgan fingerprint density at radius 2 is 0.756 bits per heavy atom. The lowest BCUT2D eigenvalue weighted by Crippen LogP contribution is -2.20. The van der Waals surface area contributed by atoms with Crippen LogP contribution in [0.5, 0.6) is 11.5 Å². The largest absolute Gasteiger partial charge is 0.507 e. The second-order valence-electron chi connectivity index (χ2n) is 15.9. The molecule has 2 atom stereocenters. The molecule has 2 aromatic rings. The molecule has 0 bridgehead atoms. The molecule has 0 radical (unpaired) electrons.